The molecule has 0 amide bonds. The van der Waals surface area contributed by atoms with Gasteiger partial charge < -0.3 is 0 Å². The first-order chi connectivity index (χ1) is 11.0. The van der Waals surface area contributed by atoms with Crippen molar-refractivity contribution in [3.63, 3.8) is 0 Å². The van der Waals surface area contributed by atoms with Crippen molar-refractivity contribution in [1.29, 1.82) is 0 Å². The molecule has 7 heteroatoms. The van der Waals surface area contributed by atoms with E-state index in [9.17, 15) is 4.39 Å². The van der Waals surface area contributed by atoms with E-state index in [0.29, 0.717) is 5.15 Å². The monoisotopic (exact) mass is 570 g/mol. The maximum Gasteiger partial charge on any atom is 0.129 e. The quantitative estimate of drug-likeness (QED) is 0.267. The standard InChI is InChI=1S/C11H7FINS.C5H3ClIN/c12-8-1-4-10(5-2-8)15-11-6-3-9(13)7-14-11;6-5-2-1-4(7)3-8-5/h1-7H;1-3H. The molecule has 3 rings (SSSR count). The minimum atomic E-state index is -0.213. The van der Waals surface area contributed by atoms with Gasteiger partial charge in [-0.2, -0.15) is 0 Å². The highest BCUT2D eigenvalue weighted by Gasteiger charge is 1.98. The average Bonchev–Trinajstić information content (AvgIpc) is 2.55. The number of benzene rings is 1. The lowest BCUT2D eigenvalue weighted by atomic mass is 10.4. The molecule has 0 aliphatic rings. The van der Waals surface area contributed by atoms with Crippen molar-refractivity contribution in [2.24, 2.45) is 0 Å². The molecule has 0 bridgehead atoms. The van der Waals surface area contributed by atoms with E-state index in [1.54, 1.807) is 24.4 Å². The van der Waals surface area contributed by atoms with E-state index in [4.69, 9.17) is 11.6 Å². The second-order valence-corrected chi connectivity index (χ2v) is 8.14. The van der Waals surface area contributed by atoms with E-state index < -0.39 is 0 Å². The number of rotatable bonds is 2. The third kappa shape index (κ3) is 7.32. The number of halogens is 4. The van der Waals surface area contributed by atoms with Gasteiger partial charge in [-0.1, -0.05) is 23.4 Å². The summed E-state index contributed by atoms with van der Waals surface area (Å²) in [6, 6.07) is 14.0. The molecule has 0 saturated heterocycles. The molecule has 0 fully saturated rings. The molecule has 1 aromatic carbocycles. The number of hydrogen-bond acceptors (Lipinski definition) is 3. The SMILES string of the molecule is Clc1ccc(I)cn1.Fc1ccc(Sc2ccc(I)cn2)cc1. The van der Waals surface area contributed by atoms with Gasteiger partial charge in [-0.15, -0.1) is 0 Å². The van der Waals surface area contributed by atoms with Crippen LogP contribution in [-0.2, 0) is 0 Å². The zero-order valence-corrected chi connectivity index (χ0v) is 17.5. The molecule has 0 unspecified atom stereocenters. The summed E-state index contributed by atoms with van der Waals surface area (Å²) in [5, 5.41) is 1.47. The summed E-state index contributed by atoms with van der Waals surface area (Å²) in [6.45, 7) is 0. The minimum absolute atomic E-state index is 0.213. The van der Waals surface area contributed by atoms with Gasteiger partial charge in [0.25, 0.3) is 0 Å². The van der Waals surface area contributed by atoms with Crippen molar-refractivity contribution < 1.29 is 4.39 Å². The lowest BCUT2D eigenvalue weighted by Gasteiger charge is -2.00. The molecular weight excluding hydrogens is 561 g/mol. The number of aromatic nitrogens is 2. The first kappa shape index (κ1) is 18.9. The Morgan fingerprint density at radius 2 is 1.43 bits per heavy atom. The zero-order valence-electron chi connectivity index (χ0n) is 11.6. The minimum Gasteiger partial charge on any atom is -0.248 e. The largest absolute Gasteiger partial charge is 0.248 e. The highest BCUT2D eigenvalue weighted by Crippen LogP contribution is 2.25. The second-order valence-electron chi connectivity index (χ2n) is 4.17. The van der Waals surface area contributed by atoms with Gasteiger partial charge in [0, 0.05) is 24.4 Å². The average molecular weight is 571 g/mol. The van der Waals surface area contributed by atoms with Crippen LogP contribution in [0.3, 0.4) is 0 Å². The Labute approximate surface area is 170 Å². The molecule has 0 atom stereocenters. The first-order valence-corrected chi connectivity index (χ1v) is 9.70. The van der Waals surface area contributed by atoms with Gasteiger partial charge in [-0.25, -0.2) is 14.4 Å². The van der Waals surface area contributed by atoms with Crippen molar-refractivity contribution in [3.05, 3.63) is 79.0 Å². The second kappa shape index (κ2) is 9.75. The molecule has 0 radical (unpaired) electrons. The van der Waals surface area contributed by atoms with Gasteiger partial charge in [0.2, 0.25) is 0 Å². The molecule has 0 N–H and O–H groups in total. The fraction of sp³-hybridized carbons (Fsp3) is 0. The molecular formula is C16H10ClFI2N2S. The van der Waals surface area contributed by atoms with Gasteiger partial charge in [0.05, 0.1) is 0 Å². The molecule has 2 nitrogen and oxygen atoms in total. The van der Waals surface area contributed by atoms with Gasteiger partial charge >= 0.3 is 0 Å². The van der Waals surface area contributed by atoms with E-state index in [2.05, 4.69) is 55.1 Å². The lowest BCUT2D eigenvalue weighted by molar-refractivity contribution is 0.626. The highest BCUT2D eigenvalue weighted by molar-refractivity contribution is 14.1. The fourth-order valence-corrected chi connectivity index (χ4v) is 2.91. The number of nitrogens with zero attached hydrogens (tertiary/aromatic N) is 2. The van der Waals surface area contributed by atoms with Crippen molar-refractivity contribution in [2.45, 2.75) is 9.92 Å². The van der Waals surface area contributed by atoms with Crippen LogP contribution >= 0.6 is 68.5 Å². The molecule has 3 aromatic rings. The van der Waals surface area contributed by atoms with Crippen LogP contribution in [0.2, 0.25) is 5.15 Å². The maximum absolute atomic E-state index is 12.7. The molecule has 118 valence electrons. The summed E-state index contributed by atoms with van der Waals surface area (Å²) < 4.78 is 14.9. The molecule has 23 heavy (non-hydrogen) atoms. The molecule has 0 spiro atoms. The Bertz CT molecular complexity index is 673. The third-order valence-electron chi connectivity index (χ3n) is 2.43. The van der Waals surface area contributed by atoms with E-state index in [0.717, 1.165) is 17.1 Å². The number of pyridine rings is 2. The van der Waals surface area contributed by atoms with Gasteiger partial charge in [-0.3, -0.25) is 0 Å². The zero-order chi connectivity index (χ0) is 16.7. The Morgan fingerprint density at radius 3 is 1.91 bits per heavy atom. The Balaban J connectivity index is 0.000000203. The lowest BCUT2D eigenvalue weighted by Crippen LogP contribution is -1.80. The third-order valence-corrected chi connectivity index (χ3v) is 4.89. The van der Waals surface area contributed by atoms with Crippen molar-refractivity contribution in [2.75, 3.05) is 0 Å². The Kier molecular flexibility index (Phi) is 8.01. The van der Waals surface area contributed by atoms with Crippen LogP contribution in [0.25, 0.3) is 0 Å². The Morgan fingerprint density at radius 1 is 0.826 bits per heavy atom. The van der Waals surface area contributed by atoms with Crippen LogP contribution in [0.4, 0.5) is 4.39 Å². The molecule has 0 aliphatic carbocycles. The predicted molar refractivity (Wildman–Crippen MR) is 109 cm³/mol. The van der Waals surface area contributed by atoms with E-state index >= 15 is 0 Å². The predicted octanol–water partition coefficient (Wildman–Crippen LogP) is 6.32. The van der Waals surface area contributed by atoms with Gasteiger partial charge in [-0.05, 0) is 93.7 Å². The van der Waals surface area contributed by atoms with Crippen molar-refractivity contribution in [1.82, 2.24) is 9.97 Å². The van der Waals surface area contributed by atoms with Crippen LogP contribution in [0.15, 0.2) is 70.8 Å². The van der Waals surface area contributed by atoms with Crippen LogP contribution in [-0.4, -0.2) is 9.97 Å². The van der Waals surface area contributed by atoms with E-state index in [-0.39, 0.29) is 5.82 Å². The van der Waals surface area contributed by atoms with Gasteiger partial charge in [0.15, 0.2) is 0 Å². The normalized spacial score (nSPS) is 9.91. The molecule has 0 aliphatic heterocycles. The summed E-state index contributed by atoms with van der Waals surface area (Å²) in [5.41, 5.74) is 0. The number of hydrogen-bond donors (Lipinski definition) is 0. The summed E-state index contributed by atoms with van der Waals surface area (Å²) in [7, 11) is 0. The topological polar surface area (TPSA) is 25.8 Å². The van der Waals surface area contributed by atoms with Crippen LogP contribution in [0.5, 0.6) is 0 Å². The van der Waals surface area contributed by atoms with Crippen LogP contribution in [0, 0.1) is 13.0 Å². The summed E-state index contributed by atoms with van der Waals surface area (Å²) in [6.07, 6.45) is 3.54. The fourth-order valence-electron chi connectivity index (χ4n) is 1.40. The van der Waals surface area contributed by atoms with Crippen molar-refractivity contribution >= 4 is 68.5 Å². The molecule has 2 heterocycles. The summed E-state index contributed by atoms with van der Waals surface area (Å²) in [4.78, 5) is 9.09. The van der Waals surface area contributed by atoms with Crippen LogP contribution in [0.1, 0.15) is 0 Å². The van der Waals surface area contributed by atoms with Gasteiger partial charge in [0.1, 0.15) is 16.0 Å². The smallest absolute Gasteiger partial charge is 0.129 e. The molecule has 0 saturated carbocycles. The first-order valence-electron chi connectivity index (χ1n) is 6.35. The van der Waals surface area contributed by atoms with Crippen molar-refractivity contribution in [3.8, 4) is 0 Å². The Hall–Kier alpha value is -0.450. The van der Waals surface area contributed by atoms with Crippen LogP contribution < -0.4 is 0 Å². The summed E-state index contributed by atoms with van der Waals surface area (Å²) in [5.74, 6) is -0.213. The molecule has 2 aromatic heterocycles. The summed E-state index contributed by atoms with van der Waals surface area (Å²) >= 11 is 11.4. The van der Waals surface area contributed by atoms with E-state index in [1.807, 2.05) is 24.4 Å². The highest BCUT2D eigenvalue weighted by atomic mass is 127. The van der Waals surface area contributed by atoms with E-state index in [1.165, 1.54) is 23.9 Å². The maximum atomic E-state index is 12.7.